The van der Waals surface area contributed by atoms with E-state index >= 15 is 0 Å². The highest BCUT2D eigenvalue weighted by molar-refractivity contribution is 5.91. The van der Waals surface area contributed by atoms with Gasteiger partial charge in [-0.3, -0.25) is 4.40 Å². The fourth-order valence-electron chi connectivity index (χ4n) is 2.24. The Balaban J connectivity index is 2.11. The van der Waals surface area contributed by atoms with Gasteiger partial charge in [-0.2, -0.15) is 0 Å². The molecule has 0 bridgehead atoms. The van der Waals surface area contributed by atoms with Crippen LogP contribution in [0.3, 0.4) is 0 Å². The van der Waals surface area contributed by atoms with Crippen molar-refractivity contribution in [3.8, 4) is 0 Å². The molecule has 0 unspecified atom stereocenters. The Kier molecular flexibility index (Phi) is 3.42. The first-order valence-corrected chi connectivity index (χ1v) is 6.75. The first-order chi connectivity index (χ1) is 10.6. The molecule has 1 aromatic carbocycles. The van der Waals surface area contributed by atoms with Gasteiger partial charge in [-0.1, -0.05) is 23.8 Å². The molecule has 1 N–H and O–H groups in total. The number of pyridine rings is 1. The fraction of sp³-hybridized carbons (Fsp3) is 0.125. The second kappa shape index (κ2) is 5.40. The van der Waals surface area contributed by atoms with E-state index in [2.05, 4.69) is 15.2 Å². The van der Waals surface area contributed by atoms with E-state index in [-0.39, 0.29) is 11.5 Å². The van der Waals surface area contributed by atoms with E-state index < -0.39 is 5.97 Å². The summed E-state index contributed by atoms with van der Waals surface area (Å²) in [6, 6.07) is 11.1. The molecule has 0 aliphatic carbocycles. The van der Waals surface area contributed by atoms with Crippen molar-refractivity contribution in [2.24, 2.45) is 10.2 Å². The Morgan fingerprint density at radius 2 is 2.00 bits per heavy atom. The number of carboxylic acid groups (broad SMARTS) is 1. The molecule has 2 aromatic heterocycles. The van der Waals surface area contributed by atoms with Gasteiger partial charge in [0.25, 0.3) is 0 Å². The lowest BCUT2D eigenvalue weighted by molar-refractivity contribution is 0.0692. The highest BCUT2D eigenvalue weighted by Crippen LogP contribution is 2.26. The van der Waals surface area contributed by atoms with E-state index in [4.69, 9.17) is 0 Å². The number of carbonyl (C=O) groups is 1. The maximum atomic E-state index is 11.3. The molecule has 2 heterocycles. The van der Waals surface area contributed by atoms with Crippen LogP contribution in [0.1, 0.15) is 21.6 Å². The minimum absolute atomic E-state index is 0.111. The number of hydrogen-bond acceptors (Lipinski definition) is 4. The Labute approximate surface area is 126 Å². The predicted molar refractivity (Wildman–Crippen MR) is 82.2 cm³/mol. The topological polar surface area (TPSA) is 79.3 Å². The zero-order chi connectivity index (χ0) is 15.7. The summed E-state index contributed by atoms with van der Waals surface area (Å²) in [7, 11) is 0. The van der Waals surface area contributed by atoms with Crippen LogP contribution in [0, 0.1) is 13.8 Å². The second-order valence-electron chi connectivity index (χ2n) is 5.01. The van der Waals surface area contributed by atoms with Crippen molar-refractivity contribution in [3.63, 3.8) is 0 Å². The van der Waals surface area contributed by atoms with Crippen LogP contribution in [-0.4, -0.2) is 20.5 Å². The van der Waals surface area contributed by atoms with Gasteiger partial charge in [0.05, 0.1) is 5.69 Å². The maximum absolute atomic E-state index is 11.3. The quantitative estimate of drug-likeness (QED) is 0.739. The summed E-state index contributed by atoms with van der Waals surface area (Å²) in [6.07, 6.45) is 1.71. The number of nitrogens with zero attached hydrogens (tertiary/aromatic N) is 4. The number of azo groups is 1. The summed E-state index contributed by atoms with van der Waals surface area (Å²) in [5, 5.41) is 17.6. The van der Waals surface area contributed by atoms with Crippen LogP contribution in [0.5, 0.6) is 0 Å². The maximum Gasteiger partial charge on any atom is 0.358 e. The van der Waals surface area contributed by atoms with Crippen LogP contribution < -0.4 is 0 Å². The van der Waals surface area contributed by atoms with E-state index in [1.165, 1.54) is 0 Å². The molecule has 0 spiro atoms. The zero-order valence-corrected chi connectivity index (χ0v) is 12.2. The van der Waals surface area contributed by atoms with Crippen LogP contribution in [0.4, 0.5) is 11.5 Å². The first-order valence-electron chi connectivity index (χ1n) is 6.75. The molecule has 0 fully saturated rings. The van der Waals surface area contributed by atoms with Gasteiger partial charge < -0.3 is 5.11 Å². The standard InChI is InChI=1S/C16H14N4O2/c1-10-6-7-12(11(2)9-10)18-19-15-14(16(21)22)17-13-5-3-4-8-20(13)15/h3-9H,1-2H3,(H,21,22). The van der Waals surface area contributed by atoms with E-state index in [1.807, 2.05) is 32.0 Å². The summed E-state index contributed by atoms with van der Waals surface area (Å²) in [5.74, 6) is -0.915. The number of fused-ring (bicyclic) bond motifs is 1. The minimum Gasteiger partial charge on any atom is -0.476 e. The third kappa shape index (κ3) is 2.46. The molecule has 0 aliphatic heterocycles. The molecule has 3 rings (SSSR count). The van der Waals surface area contributed by atoms with Gasteiger partial charge in [0.1, 0.15) is 5.65 Å². The Bertz CT molecular complexity index is 896. The zero-order valence-electron chi connectivity index (χ0n) is 12.2. The van der Waals surface area contributed by atoms with Crippen molar-refractivity contribution in [2.45, 2.75) is 13.8 Å². The molecule has 0 radical (unpaired) electrons. The number of aromatic nitrogens is 2. The highest BCUT2D eigenvalue weighted by Gasteiger charge is 2.17. The van der Waals surface area contributed by atoms with Gasteiger partial charge in [0, 0.05) is 6.20 Å². The molecule has 0 amide bonds. The van der Waals surface area contributed by atoms with Crippen molar-refractivity contribution in [1.82, 2.24) is 9.38 Å². The van der Waals surface area contributed by atoms with Gasteiger partial charge in [0.15, 0.2) is 11.5 Å². The highest BCUT2D eigenvalue weighted by atomic mass is 16.4. The van der Waals surface area contributed by atoms with E-state index in [0.29, 0.717) is 11.3 Å². The van der Waals surface area contributed by atoms with Gasteiger partial charge in [-0.25, -0.2) is 9.78 Å². The summed E-state index contributed by atoms with van der Waals surface area (Å²) in [4.78, 5) is 15.4. The molecular weight excluding hydrogens is 280 g/mol. The molecule has 0 saturated carbocycles. The first kappa shape index (κ1) is 13.9. The number of rotatable bonds is 3. The number of carboxylic acids is 1. The molecule has 0 aliphatic rings. The van der Waals surface area contributed by atoms with Crippen molar-refractivity contribution < 1.29 is 9.90 Å². The van der Waals surface area contributed by atoms with E-state index in [0.717, 1.165) is 11.1 Å². The van der Waals surface area contributed by atoms with Gasteiger partial charge in [-0.15, -0.1) is 10.2 Å². The lowest BCUT2D eigenvalue weighted by Gasteiger charge is -2.00. The van der Waals surface area contributed by atoms with Crippen LogP contribution in [0.2, 0.25) is 0 Å². The molecule has 0 saturated heterocycles. The molecule has 110 valence electrons. The fourth-order valence-corrected chi connectivity index (χ4v) is 2.24. The summed E-state index contributed by atoms with van der Waals surface area (Å²) in [6.45, 7) is 3.94. The Morgan fingerprint density at radius 1 is 1.18 bits per heavy atom. The Hall–Kier alpha value is -3.02. The van der Waals surface area contributed by atoms with Crippen molar-refractivity contribution in [1.29, 1.82) is 0 Å². The van der Waals surface area contributed by atoms with Gasteiger partial charge in [-0.05, 0) is 37.6 Å². The number of benzene rings is 1. The number of hydrogen-bond donors (Lipinski definition) is 1. The average molecular weight is 294 g/mol. The molecule has 6 heteroatoms. The Morgan fingerprint density at radius 3 is 2.73 bits per heavy atom. The number of imidazole rings is 1. The van der Waals surface area contributed by atoms with Crippen molar-refractivity contribution in [2.75, 3.05) is 0 Å². The molecule has 22 heavy (non-hydrogen) atoms. The summed E-state index contributed by atoms with van der Waals surface area (Å²) >= 11 is 0. The monoisotopic (exact) mass is 294 g/mol. The largest absolute Gasteiger partial charge is 0.476 e. The minimum atomic E-state index is -1.13. The molecule has 3 aromatic rings. The van der Waals surface area contributed by atoms with Crippen LogP contribution >= 0.6 is 0 Å². The lowest BCUT2D eigenvalue weighted by atomic mass is 10.1. The lowest BCUT2D eigenvalue weighted by Crippen LogP contribution is -1.96. The molecule has 0 atom stereocenters. The third-order valence-electron chi connectivity index (χ3n) is 3.31. The summed E-state index contributed by atoms with van der Waals surface area (Å²) < 4.78 is 1.61. The van der Waals surface area contributed by atoms with E-state index in [1.54, 1.807) is 28.8 Å². The average Bonchev–Trinajstić information content (AvgIpc) is 2.85. The number of aromatic carboxylic acids is 1. The van der Waals surface area contributed by atoms with Crippen LogP contribution in [-0.2, 0) is 0 Å². The number of aryl methyl sites for hydroxylation is 2. The van der Waals surface area contributed by atoms with Crippen molar-refractivity contribution >= 4 is 23.1 Å². The van der Waals surface area contributed by atoms with Crippen molar-refractivity contribution in [3.05, 3.63) is 59.4 Å². The SMILES string of the molecule is Cc1ccc(N=Nc2c(C(=O)O)nc3ccccn23)c(C)c1. The van der Waals surface area contributed by atoms with Crippen LogP contribution in [0.25, 0.3) is 5.65 Å². The smallest absolute Gasteiger partial charge is 0.358 e. The third-order valence-corrected chi connectivity index (χ3v) is 3.31. The predicted octanol–water partition coefficient (Wildman–Crippen LogP) is 4.06. The van der Waals surface area contributed by atoms with Gasteiger partial charge in [0.2, 0.25) is 0 Å². The normalized spacial score (nSPS) is 11.4. The molecular formula is C16H14N4O2. The van der Waals surface area contributed by atoms with Crippen LogP contribution in [0.15, 0.2) is 52.8 Å². The van der Waals surface area contributed by atoms with E-state index in [9.17, 15) is 9.90 Å². The summed E-state index contributed by atoms with van der Waals surface area (Å²) in [5.41, 5.74) is 3.23. The van der Waals surface area contributed by atoms with Gasteiger partial charge >= 0.3 is 5.97 Å². The molecule has 6 nitrogen and oxygen atoms in total. The second-order valence-corrected chi connectivity index (χ2v) is 5.01.